The molecule has 0 aromatic heterocycles. The quantitative estimate of drug-likeness (QED) is 0.357. The van der Waals surface area contributed by atoms with E-state index in [0.29, 0.717) is 0 Å². The average molecular weight is 74.4 g/mol. The zero-order valence-electron chi connectivity index (χ0n) is 2.09. The summed E-state index contributed by atoms with van der Waals surface area (Å²) in [7, 11) is 0. The summed E-state index contributed by atoms with van der Waals surface area (Å²) in [6.07, 6.45) is 0. The van der Waals surface area contributed by atoms with Gasteiger partial charge in [-0.3, -0.25) is 4.39 Å². The number of halogens is 1. The highest BCUT2D eigenvalue weighted by Gasteiger charge is 1.39. The molecule has 0 radical (unpaired) electrons. The lowest BCUT2D eigenvalue weighted by molar-refractivity contribution is 0.527. The van der Waals surface area contributed by atoms with Crippen LogP contribution in [0.5, 0.6) is 0 Å². The van der Waals surface area contributed by atoms with Gasteiger partial charge >= 0.3 is 23.1 Å². The Balaban J connectivity index is 0. The second kappa shape index (κ2) is 9.34. The molecule has 0 nitrogen and oxygen atoms in total. The molecule has 0 unspecified atom stereocenters. The van der Waals surface area contributed by atoms with Gasteiger partial charge in [-0.25, -0.2) is 0 Å². The van der Waals surface area contributed by atoms with Gasteiger partial charge in [0.1, 0.15) is 0 Å². The molecular formula is C2H7FMg. The van der Waals surface area contributed by atoms with E-state index in [0.717, 1.165) is 0 Å². The molecule has 0 heterocycles. The SMILES string of the molecule is CCF.[MgH2]. The molecule has 0 rings (SSSR count). The second-order valence-electron chi connectivity index (χ2n) is 0.267. The van der Waals surface area contributed by atoms with Gasteiger partial charge in [0, 0.05) is 0 Å². The van der Waals surface area contributed by atoms with Gasteiger partial charge in [-0.15, -0.1) is 0 Å². The fourth-order valence-corrected chi connectivity index (χ4v) is 0. The molecule has 0 amide bonds. The fraction of sp³-hybridized carbons (Fsp3) is 1.00. The highest BCUT2D eigenvalue weighted by Crippen LogP contribution is 1.48. The standard InChI is InChI=1S/C2H5F.Mg.2H/c1-2-3;;;/h2H2,1H3;;;. The van der Waals surface area contributed by atoms with Crippen molar-refractivity contribution in [1.82, 2.24) is 0 Å². The Morgan fingerprint density at radius 3 is 1.75 bits per heavy atom. The van der Waals surface area contributed by atoms with Gasteiger partial charge in [0.2, 0.25) is 0 Å². The highest BCUT2D eigenvalue weighted by atomic mass is 24.3. The second-order valence-corrected chi connectivity index (χ2v) is 0.267. The summed E-state index contributed by atoms with van der Waals surface area (Å²) >= 11 is 0. The Kier molecular flexibility index (Phi) is 20.6. The molecule has 0 spiro atoms. The van der Waals surface area contributed by atoms with Crippen LogP contribution >= 0.6 is 0 Å². The first-order chi connectivity index (χ1) is 1.41. The van der Waals surface area contributed by atoms with Crippen LogP contribution in [0, 0.1) is 0 Å². The van der Waals surface area contributed by atoms with Gasteiger partial charge in [0.05, 0.1) is 6.67 Å². The maximum absolute atomic E-state index is 10.3. The van der Waals surface area contributed by atoms with Crippen LogP contribution in [0.25, 0.3) is 0 Å². The van der Waals surface area contributed by atoms with E-state index in [4.69, 9.17) is 0 Å². The topological polar surface area (TPSA) is 0 Å². The Bertz CT molecular complexity index is 6.00. The summed E-state index contributed by atoms with van der Waals surface area (Å²) in [5, 5.41) is 0. The molecule has 0 bridgehead atoms. The molecule has 2 heteroatoms. The van der Waals surface area contributed by atoms with E-state index >= 15 is 0 Å². The van der Waals surface area contributed by atoms with Gasteiger partial charge in [-0.1, -0.05) is 0 Å². The minimum absolute atomic E-state index is 0. The zero-order chi connectivity index (χ0) is 2.71. The van der Waals surface area contributed by atoms with Crippen LogP contribution in [-0.4, -0.2) is 29.7 Å². The third kappa shape index (κ3) is 16.0. The zero-order valence-corrected chi connectivity index (χ0v) is 2.09. The van der Waals surface area contributed by atoms with E-state index in [9.17, 15) is 4.39 Å². The van der Waals surface area contributed by atoms with Gasteiger partial charge in [-0.05, 0) is 6.92 Å². The van der Waals surface area contributed by atoms with E-state index < -0.39 is 0 Å². The molecule has 0 N–H and O–H groups in total. The normalized spacial score (nSPS) is 4.50. The van der Waals surface area contributed by atoms with E-state index in [1.807, 2.05) is 0 Å². The summed E-state index contributed by atoms with van der Waals surface area (Å²) in [4.78, 5) is 0. The van der Waals surface area contributed by atoms with Crippen LogP contribution in [0.3, 0.4) is 0 Å². The summed E-state index contributed by atoms with van der Waals surface area (Å²) in [6.45, 7) is 1.21. The van der Waals surface area contributed by atoms with Crippen molar-refractivity contribution in [3.8, 4) is 0 Å². The lowest BCUT2D eigenvalue weighted by Gasteiger charge is -1.45. The Labute approximate surface area is 41.5 Å². The van der Waals surface area contributed by atoms with Crippen molar-refractivity contribution < 1.29 is 4.39 Å². The molecular weight excluding hydrogens is 67.3 g/mol. The van der Waals surface area contributed by atoms with Crippen molar-refractivity contribution in [2.24, 2.45) is 0 Å². The van der Waals surface area contributed by atoms with E-state index in [-0.39, 0.29) is 29.7 Å². The first-order valence-electron chi connectivity index (χ1n) is 0.974. The van der Waals surface area contributed by atoms with Crippen LogP contribution in [0.2, 0.25) is 0 Å². The maximum atomic E-state index is 10.3. The van der Waals surface area contributed by atoms with Gasteiger partial charge < -0.3 is 0 Å². The van der Waals surface area contributed by atoms with Crippen LogP contribution in [-0.2, 0) is 0 Å². The molecule has 0 atom stereocenters. The first-order valence-corrected chi connectivity index (χ1v) is 0.974. The van der Waals surface area contributed by atoms with Crippen molar-refractivity contribution in [1.29, 1.82) is 0 Å². The van der Waals surface area contributed by atoms with Crippen molar-refractivity contribution in [3.05, 3.63) is 0 Å². The molecule has 4 heavy (non-hydrogen) atoms. The molecule has 0 aliphatic heterocycles. The van der Waals surface area contributed by atoms with Crippen molar-refractivity contribution in [2.45, 2.75) is 6.92 Å². The van der Waals surface area contributed by atoms with Crippen LogP contribution in [0.15, 0.2) is 0 Å². The lowest BCUT2D eigenvalue weighted by atomic mass is 10.9. The number of hydrogen-bond donors (Lipinski definition) is 0. The summed E-state index contributed by atoms with van der Waals surface area (Å²) in [5.41, 5.74) is 0. The smallest absolute Gasteiger partial charge is 0.251 e. The molecule has 0 aromatic carbocycles. The van der Waals surface area contributed by atoms with Crippen LogP contribution < -0.4 is 0 Å². The summed E-state index contributed by atoms with van der Waals surface area (Å²) in [5.74, 6) is 0. The molecule has 0 aromatic rings. The monoisotopic (exact) mass is 74.0 g/mol. The lowest BCUT2D eigenvalue weighted by Crippen LogP contribution is -1.40. The Hall–Kier alpha value is 0.696. The van der Waals surface area contributed by atoms with Crippen LogP contribution in [0.1, 0.15) is 6.92 Å². The molecule has 24 valence electrons. The number of alkyl halides is 1. The maximum Gasteiger partial charge on any atom is 0.316 e. The first kappa shape index (κ1) is 8.83. The van der Waals surface area contributed by atoms with Gasteiger partial charge in [-0.2, -0.15) is 0 Å². The third-order valence-electron chi connectivity index (χ3n) is 0. The number of hydrogen-bond acceptors (Lipinski definition) is 0. The molecule has 0 saturated heterocycles. The molecule has 0 aliphatic carbocycles. The predicted octanol–water partition coefficient (Wildman–Crippen LogP) is 0.0596. The van der Waals surface area contributed by atoms with Crippen molar-refractivity contribution in [3.63, 3.8) is 0 Å². The van der Waals surface area contributed by atoms with Gasteiger partial charge in [0.25, 0.3) is 0 Å². The third-order valence-corrected chi connectivity index (χ3v) is 0. The van der Waals surface area contributed by atoms with Crippen molar-refractivity contribution in [2.75, 3.05) is 6.67 Å². The minimum atomic E-state index is -0.250. The average Bonchev–Trinajstić information content (AvgIpc) is 0.918. The number of rotatable bonds is 0. The molecule has 0 fully saturated rings. The Morgan fingerprint density at radius 2 is 1.75 bits per heavy atom. The highest BCUT2D eigenvalue weighted by molar-refractivity contribution is 5.75. The summed E-state index contributed by atoms with van der Waals surface area (Å²) < 4.78 is 10.3. The minimum Gasteiger partial charge on any atom is -0.251 e. The van der Waals surface area contributed by atoms with Crippen LogP contribution in [0.4, 0.5) is 4.39 Å². The predicted molar refractivity (Wildman–Crippen MR) is 20.2 cm³/mol. The Morgan fingerprint density at radius 1 is 1.75 bits per heavy atom. The molecule has 0 saturated carbocycles. The van der Waals surface area contributed by atoms with Crippen molar-refractivity contribution >= 4 is 23.1 Å². The van der Waals surface area contributed by atoms with E-state index in [2.05, 4.69) is 0 Å². The summed E-state index contributed by atoms with van der Waals surface area (Å²) in [6, 6.07) is 0. The van der Waals surface area contributed by atoms with E-state index in [1.165, 1.54) is 6.92 Å². The van der Waals surface area contributed by atoms with E-state index in [1.54, 1.807) is 0 Å². The van der Waals surface area contributed by atoms with Gasteiger partial charge in [0.15, 0.2) is 0 Å². The fourth-order valence-electron chi connectivity index (χ4n) is 0. The molecule has 0 aliphatic rings. The largest absolute Gasteiger partial charge is 0.316 e.